The van der Waals surface area contributed by atoms with Gasteiger partial charge in [-0.1, -0.05) is 33.2 Å². The summed E-state index contributed by atoms with van der Waals surface area (Å²) in [5.41, 5.74) is 0.281. The molecule has 1 amide bonds. The molecule has 0 spiro atoms. The maximum atomic E-state index is 13.7. The minimum Gasteiger partial charge on any atom is -0.495 e. The average Bonchev–Trinajstić information content (AvgIpc) is 3.15. The van der Waals surface area contributed by atoms with E-state index >= 15 is 0 Å². The van der Waals surface area contributed by atoms with Crippen molar-refractivity contribution in [3.63, 3.8) is 0 Å². The minimum atomic E-state index is -0.877. The number of aromatic nitrogens is 2. The van der Waals surface area contributed by atoms with E-state index in [2.05, 4.69) is 31.4 Å². The summed E-state index contributed by atoms with van der Waals surface area (Å²) in [5, 5.41) is 6.36. The zero-order valence-electron chi connectivity index (χ0n) is 15.1. The number of ether oxygens (including phenoxy) is 2. The third kappa shape index (κ3) is 5.38. The Morgan fingerprint density at radius 1 is 1.24 bits per heavy atom. The molecule has 0 aliphatic carbocycles. The molecule has 0 saturated carbocycles. The van der Waals surface area contributed by atoms with Gasteiger partial charge >= 0.3 is 5.97 Å². The van der Waals surface area contributed by atoms with Crippen LogP contribution in [0.3, 0.4) is 0 Å². The zero-order valence-corrected chi connectivity index (χ0v) is 16.7. The van der Waals surface area contributed by atoms with E-state index in [1.54, 1.807) is 24.3 Å². The van der Waals surface area contributed by atoms with Gasteiger partial charge in [0.05, 0.1) is 24.8 Å². The van der Waals surface area contributed by atoms with Crippen LogP contribution in [-0.4, -0.2) is 29.1 Å². The van der Waals surface area contributed by atoms with Crippen LogP contribution in [-0.2, 0) is 22.6 Å². The molecule has 0 bridgehead atoms. The molecule has 0 radical (unpaired) electrons. The summed E-state index contributed by atoms with van der Waals surface area (Å²) in [4.78, 5) is 28.1. The molecule has 0 fully saturated rings. The second-order valence-corrected chi connectivity index (χ2v) is 6.65. The third-order valence-electron chi connectivity index (χ3n) is 3.68. The van der Waals surface area contributed by atoms with Crippen LogP contribution in [0.1, 0.15) is 22.1 Å². The molecular weight excluding hydrogens is 449 g/mol. The molecule has 8 nitrogen and oxygen atoms in total. The van der Waals surface area contributed by atoms with E-state index in [0.717, 1.165) is 6.07 Å². The normalized spacial score (nSPS) is 10.4. The zero-order chi connectivity index (χ0) is 20.8. The van der Waals surface area contributed by atoms with E-state index in [4.69, 9.17) is 14.0 Å². The van der Waals surface area contributed by atoms with Crippen molar-refractivity contribution < 1.29 is 28.0 Å². The van der Waals surface area contributed by atoms with Crippen molar-refractivity contribution >= 4 is 33.5 Å². The number of para-hydroxylation sites is 2. The number of amides is 1. The van der Waals surface area contributed by atoms with Crippen molar-refractivity contribution in [2.45, 2.75) is 13.0 Å². The van der Waals surface area contributed by atoms with Crippen molar-refractivity contribution in [3.05, 3.63) is 70.0 Å². The lowest BCUT2D eigenvalue weighted by atomic mass is 10.2. The maximum Gasteiger partial charge on any atom is 0.341 e. The monoisotopic (exact) mass is 463 g/mol. The lowest BCUT2D eigenvalue weighted by Crippen LogP contribution is -2.15. The standard InChI is InChI=1S/C19H15BrFN3O5/c1-27-15-5-3-2-4-14(15)22-17(25)9-16-23-18(29-24-16)10-28-19(26)12-8-11(20)6-7-13(12)21/h2-8H,9-10H2,1H3,(H,22,25). The first-order chi connectivity index (χ1) is 14.0. The molecule has 0 atom stereocenters. The largest absolute Gasteiger partial charge is 0.495 e. The molecule has 1 aromatic heterocycles. The van der Waals surface area contributed by atoms with Crippen molar-refractivity contribution in [1.29, 1.82) is 0 Å². The Bertz CT molecular complexity index is 1040. The van der Waals surface area contributed by atoms with Gasteiger partial charge in [-0.2, -0.15) is 4.98 Å². The van der Waals surface area contributed by atoms with E-state index in [1.165, 1.54) is 19.2 Å². The number of benzene rings is 2. The second-order valence-electron chi connectivity index (χ2n) is 5.73. The van der Waals surface area contributed by atoms with E-state index in [-0.39, 0.29) is 36.2 Å². The fraction of sp³-hybridized carbons (Fsp3) is 0.158. The molecular formula is C19H15BrFN3O5. The van der Waals surface area contributed by atoms with E-state index in [9.17, 15) is 14.0 Å². The summed E-state index contributed by atoms with van der Waals surface area (Å²) in [6.07, 6.45) is -0.157. The number of hydrogen-bond donors (Lipinski definition) is 1. The summed E-state index contributed by atoms with van der Waals surface area (Å²) in [7, 11) is 1.50. The first-order valence-corrected chi connectivity index (χ1v) is 9.12. The molecule has 1 N–H and O–H groups in total. The average molecular weight is 464 g/mol. The number of rotatable bonds is 7. The minimum absolute atomic E-state index is 0.0196. The highest BCUT2D eigenvalue weighted by Gasteiger charge is 2.17. The summed E-state index contributed by atoms with van der Waals surface area (Å²) in [6, 6.07) is 10.9. The number of nitrogens with one attached hydrogen (secondary N) is 1. The van der Waals surface area contributed by atoms with Crippen molar-refractivity contribution in [2.24, 2.45) is 0 Å². The Labute approximate surface area is 173 Å². The van der Waals surface area contributed by atoms with Gasteiger partial charge in [0.2, 0.25) is 5.91 Å². The molecule has 0 unspecified atom stereocenters. The summed E-state index contributed by atoms with van der Waals surface area (Å²) < 4.78 is 29.3. The highest BCUT2D eigenvalue weighted by molar-refractivity contribution is 9.10. The van der Waals surface area contributed by atoms with Crippen molar-refractivity contribution in [3.8, 4) is 5.75 Å². The van der Waals surface area contributed by atoms with Crippen LogP contribution in [0.2, 0.25) is 0 Å². The van der Waals surface area contributed by atoms with Gasteiger partial charge in [-0.15, -0.1) is 0 Å². The Hall–Kier alpha value is -3.27. The summed E-state index contributed by atoms with van der Waals surface area (Å²) >= 11 is 3.16. The Kier molecular flexibility index (Phi) is 6.55. The SMILES string of the molecule is COc1ccccc1NC(=O)Cc1noc(COC(=O)c2cc(Br)ccc2F)n1. The van der Waals surface area contributed by atoms with Crippen molar-refractivity contribution in [2.75, 3.05) is 12.4 Å². The number of carbonyl (C=O) groups is 2. The number of nitrogens with zero attached hydrogens (tertiary/aromatic N) is 2. The van der Waals surface area contributed by atoms with Gasteiger partial charge in [0.15, 0.2) is 12.4 Å². The molecule has 29 heavy (non-hydrogen) atoms. The molecule has 3 aromatic rings. The van der Waals surface area contributed by atoms with E-state index in [0.29, 0.717) is 15.9 Å². The maximum absolute atomic E-state index is 13.7. The van der Waals surface area contributed by atoms with Crippen LogP contribution >= 0.6 is 15.9 Å². The van der Waals surface area contributed by atoms with E-state index in [1.807, 2.05) is 0 Å². The number of hydrogen-bond acceptors (Lipinski definition) is 7. The van der Waals surface area contributed by atoms with Gasteiger partial charge in [-0.25, -0.2) is 9.18 Å². The van der Waals surface area contributed by atoms with Crippen LogP contribution in [0.4, 0.5) is 10.1 Å². The lowest BCUT2D eigenvalue weighted by molar-refractivity contribution is -0.115. The van der Waals surface area contributed by atoms with Crippen LogP contribution in [0.5, 0.6) is 5.75 Å². The van der Waals surface area contributed by atoms with E-state index < -0.39 is 11.8 Å². The summed E-state index contributed by atoms with van der Waals surface area (Å²) in [5.74, 6) is -1.36. The number of anilines is 1. The highest BCUT2D eigenvalue weighted by Crippen LogP contribution is 2.23. The molecule has 1 heterocycles. The first-order valence-electron chi connectivity index (χ1n) is 8.32. The lowest BCUT2D eigenvalue weighted by Gasteiger charge is -2.08. The Morgan fingerprint density at radius 3 is 2.83 bits per heavy atom. The van der Waals surface area contributed by atoms with Crippen LogP contribution in [0.25, 0.3) is 0 Å². The number of methoxy groups -OCH3 is 1. The quantitative estimate of drug-likeness (QED) is 0.534. The van der Waals surface area contributed by atoms with Crippen LogP contribution in [0, 0.1) is 5.82 Å². The highest BCUT2D eigenvalue weighted by atomic mass is 79.9. The Balaban J connectivity index is 1.56. The fourth-order valence-corrected chi connectivity index (χ4v) is 2.73. The molecule has 2 aromatic carbocycles. The molecule has 3 rings (SSSR count). The van der Waals surface area contributed by atoms with Gasteiger partial charge in [0.25, 0.3) is 5.89 Å². The van der Waals surface area contributed by atoms with Gasteiger partial charge < -0.3 is 19.3 Å². The van der Waals surface area contributed by atoms with Crippen LogP contribution < -0.4 is 10.1 Å². The molecule has 0 aliphatic heterocycles. The van der Waals surface area contributed by atoms with Gasteiger partial charge in [0, 0.05) is 4.47 Å². The van der Waals surface area contributed by atoms with Gasteiger partial charge in [-0.3, -0.25) is 4.79 Å². The smallest absolute Gasteiger partial charge is 0.341 e. The Morgan fingerprint density at radius 2 is 2.03 bits per heavy atom. The molecule has 10 heteroatoms. The summed E-state index contributed by atoms with van der Waals surface area (Å²) in [6.45, 7) is -0.355. The predicted octanol–water partition coefficient (Wildman–Crippen LogP) is 3.52. The number of esters is 1. The number of carbonyl (C=O) groups excluding carboxylic acids is 2. The predicted molar refractivity (Wildman–Crippen MR) is 103 cm³/mol. The molecule has 150 valence electrons. The van der Waals surface area contributed by atoms with Gasteiger partial charge in [-0.05, 0) is 30.3 Å². The third-order valence-corrected chi connectivity index (χ3v) is 4.18. The topological polar surface area (TPSA) is 104 Å². The first kappa shape index (κ1) is 20.5. The van der Waals surface area contributed by atoms with Crippen LogP contribution in [0.15, 0.2) is 51.5 Å². The molecule has 0 aliphatic rings. The second kappa shape index (κ2) is 9.28. The molecule has 0 saturated heterocycles. The van der Waals surface area contributed by atoms with Crippen molar-refractivity contribution in [1.82, 2.24) is 10.1 Å². The van der Waals surface area contributed by atoms with Gasteiger partial charge in [0.1, 0.15) is 11.6 Å². The fourth-order valence-electron chi connectivity index (χ4n) is 2.37. The number of halogens is 2.